The molecule has 0 bridgehead atoms. The maximum Gasteiger partial charge on any atom is 0.274 e. The van der Waals surface area contributed by atoms with E-state index in [0.29, 0.717) is 24.3 Å². The van der Waals surface area contributed by atoms with Gasteiger partial charge >= 0.3 is 0 Å². The van der Waals surface area contributed by atoms with Gasteiger partial charge in [0.05, 0.1) is 0 Å². The highest BCUT2D eigenvalue weighted by Crippen LogP contribution is 2.13. The Labute approximate surface area is 151 Å². The summed E-state index contributed by atoms with van der Waals surface area (Å²) in [6, 6.07) is 8.69. The van der Waals surface area contributed by atoms with E-state index in [4.69, 9.17) is 0 Å². The van der Waals surface area contributed by atoms with Crippen molar-refractivity contribution >= 4 is 17.5 Å². The molecule has 7 heteroatoms. The predicted octanol–water partition coefficient (Wildman–Crippen LogP) is 2.25. The van der Waals surface area contributed by atoms with Crippen LogP contribution in [-0.4, -0.2) is 59.3 Å². The predicted molar refractivity (Wildman–Crippen MR) is 96.6 cm³/mol. The summed E-state index contributed by atoms with van der Waals surface area (Å²) in [6.45, 7) is 6.10. The highest BCUT2D eigenvalue weighted by atomic mass is 19.1. The molecular formula is C19H21FN4O2. The molecule has 1 aliphatic rings. The van der Waals surface area contributed by atoms with Crippen LogP contribution < -0.4 is 5.32 Å². The van der Waals surface area contributed by atoms with Crippen molar-refractivity contribution in [3.05, 3.63) is 59.7 Å². The van der Waals surface area contributed by atoms with E-state index in [1.54, 1.807) is 17.0 Å². The number of rotatable bonds is 4. The Bertz CT molecular complexity index is 804. The number of hydrogen-bond donors (Lipinski definition) is 1. The number of nitrogens with one attached hydrogen (secondary N) is 1. The van der Waals surface area contributed by atoms with Crippen LogP contribution in [0.15, 0.2) is 42.6 Å². The summed E-state index contributed by atoms with van der Waals surface area (Å²) in [6.07, 6.45) is 1.44. The van der Waals surface area contributed by atoms with Gasteiger partial charge in [0.1, 0.15) is 11.5 Å². The van der Waals surface area contributed by atoms with Gasteiger partial charge in [-0.3, -0.25) is 14.6 Å². The summed E-state index contributed by atoms with van der Waals surface area (Å²) < 4.78 is 13.2. The second-order valence-electron chi connectivity index (χ2n) is 6.12. The number of likely N-dealkylation sites (N-methyl/N-ethyl adjacent to an activating group) is 1. The molecule has 1 aromatic heterocycles. The topological polar surface area (TPSA) is 65.5 Å². The van der Waals surface area contributed by atoms with E-state index in [0.717, 1.165) is 19.6 Å². The Morgan fingerprint density at radius 1 is 1.15 bits per heavy atom. The van der Waals surface area contributed by atoms with Crippen molar-refractivity contribution in [1.82, 2.24) is 14.8 Å². The van der Waals surface area contributed by atoms with Crippen LogP contribution in [0.3, 0.4) is 0 Å². The first kappa shape index (κ1) is 18.0. The van der Waals surface area contributed by atoms with Gasteiger partial charge in [0.15, 0.2) is 0 Å². The molecule has 2 amide bonds. The molecular weight excluding hydrogens is 335 g/mol. The van der Waals surface area contributed by atoms with Gasteiger partial charge in [-0.1, -0.05) is 13.0 Å². The molecule has 136 valence electrons. The summed E-state index contributed by atoms with van der Waals surface area (Å²) >= 11 is 0. The molecule has 0 unspecified atom stereocenters. The SMILES string of the molecule is CCN1CCN(C(=O)c2ccnc(C(=O)Nc3cccc(F)c3)c2)CC1. The summed E-state index contributed by atoms with van der Waals surface area (Å²) in [7, 11) is 0. The molecule has 0 radical (unpaired) electrons. The van der Waals surface area contributed by atoms with Crippen LogP contribution in [-0.2, 0) is 0 Å². The number of amides is 2. The van der Waals surface area contributed by atoms with Crippen molar-refractivity contribution in [3.8, 4) is 0 Å². The highest BCUT2D eigenvalue weighted by molar-refractivity contribution is 6.04. The zero-order valence-corrected chi connectivity index (χ0v) is 14.6. The van der Waals surface area contributed by atoms with Crippen LogP contribution in [0.4, 0.5) is 10.1 Å². The number of piperazine rings is 1. The Morgan fingerprint density at radius 3 is 2.62 bits per heavy atom. The van der Waals surface area contributed by atoms with Gasteiger partial charge in [-0.2, -0.15) is 0 Å². The number of halogens is 1. The van der Waals surface area contributed by atoms with Gasteiger partial charge in [-0.15, -0.1) is 0 Å². The minimum Gasteiger partial charge on any atom is -0.336 e. The molecule has 1 fully saturated rings. The monoisotopic (exact) mass is 356 g/mol. The van der Waals surface area contributed by atoms with Crippen molar-refractivity contribution in [1.29, 1.82) is 0 Å². The lowest BCUT2D eigenvalue weighted by Gasteiger charge is -2.34. The third-order valence-electron chi connectivity index (χ3n) is 4.43. The number of nitrogens with zero attached hydrogens (tertiary/aromatic N) is 3. The van der Waals surface area contributed by atoms with Crippen molar-refractivity contribution in [2.24, 2.45) is 0 Å². The molecule has 3 rings (SSSR count). The first-order valence-corrected chi connectivity index (χ1v) is 8.61. The zero-order chi connectivity index (χ0) is 18.5. The van der Waals surface area contributed by atoms with Gasteiger partial charge in [-0.25, -0.2) is 4.39 Å². The Hall–Kier alpha value is -2.80. The molecule has 26 heavy (non-hydrogen) atoms. The molecule has 0 saturated carbocycles. The van der Waals surface area contributed by atoms with E-state index in [1.165, 1.54) is 30.5 Å². The number of benzene rings is 1. The second-order valence-corrected chi connectivity index (χ2v) is 6.12. The van der Waals surface area contributed by atoms with Gasteiger partial charge in [0.2, 0.25) is 0 Å². The van der Waals surface area contributed by atoms with E-state index < -0.39 is 11.7 Å². The van der Waals surface area contributed by atoms with Gasteiger partial charge in [0.25, 0.3) is 11.8 Å². The number of aromatic nitrogens is 1. The molecule has 2 aromatic rings. The molecule has 1 N–H and O–H groups in total. The first-order chi connectivity index (χ1) is 12.6. The Balaban J connectivity index is 1.69. The molecule has 0 spiro atoms. The maximum absolute atomic E-state index is 13.2. The Morgan fingerprint density at radius 2 is 1.92 bits per heavy atom. The van der Waals surface area contributed by atoms with Gasteiger partial charge in [0, 0.05) is 43.6 Å². The van der Waals surface area contributed by atoms with E-state index in [9.17, 15) is 14.0 Å². The van der Waals surface area contributed by atoms with E-state index in [1.807, 2.05) is 0 Å². The number of hydrogen-bond acceptors (Lipinski definition) is 4. The van der Waals surface area contributed by atoms with Crippen LogP contribution >= 0.6 is 0 Å². The third-order valence-corrected chi connectivity index (χ3v) is 4.43. The highest BCUT2D eigenvalue weighted by Gasteiger charge is 2.22. The minimum absolute atomic E-state index is 0.108. The lowest BCUT2D eigenvalue weighted by atomic mass is 10.1. The first-order valence-electron chi connectivity index (χ1n) is 8.61. The van der Waals surface area contributed by atoms with Crippen molar-refractivity contribution in [2.45, 2.75) is 6.92 Å². The Kier molecular flexibility index (Phi) is 5.58. The number of carbonyl (C=O) groups excluding carboxylic acids is 2. The summed E-state index contributed by atoms with van der Waals surface area (Å²) in [5.41, 5.74) is 0.880. The number of anilines is 1. The fourth-order valence-electron chi connectivity index (χ4n) is 2.90. The molecule has 0 atom stereocenters. The van der Waals surface area contributed by atoms with Crippen LogP contribution in [0.2, 0.25) is 0 Å². The molecule has 2 heterocycles. The third kappa shape index (κ3) is 4.23. The smallest absolute Gasteiger partial charge is 0.274 e. The quantitative estimate of drug-likeness (QED) is 0.913. The fraction of sp³-hybridized carbons (Fsp3) is 0.316. The van der Waals surface area contributed by atoms with Gasteiger partial charge in [-0.05, 0) is 36.9 Å². The normalized spacial score (nSPS) is 14.9. The molecule has 1 saturated heterocycles. The summed E-state index contributed by atoms with van der Waals surface area (Å²) in [5.74, 6) is -1.03. The number of carbonyl (C=O) groups is 2. The molecule has 1 aromatic carbocycles. The summed E-state index contributed by atoms with van der Waals surface area (Å²) in [4.78, 5) is 33.1. The largest absolute Gasteiger partial charge is 0.336 e. The van der Waals surface area contributed by atoms with E-state index in [2.05, 4.69) is 22.1 Å². The van der Waals surface area contributed by atoms with Gasteiger partial charge < -0.3 is 15.1 Å². The average molecular weight is 356 g/mol. The van der Waals surface area contributed by atoms with Crippen molar-refractivity contribution in [2.75, 3.05) is 38.0 Å². The molecule has 1 aliphatic heterocycles. The van der Waals surface area contributed by atoms with Crippen LogP contribution in [0.25, 0.3) is 0 Å². The molecule has 0 aliphatic carbocycles. The summed E-state index contributed by atoms with van der Waals surface area (Å²) in [5, 5.41) is 2.59. The fourth-order valence-corrected chi connectivity index (χ4v) is 2.90. The zero-order valence-electron chi connectivity index (χ0n) is 14.6. The minimum atomic E-state index is -0.485. The van der Waals surface area contributed by atoms with Crippen molar-refractivity contribution < 1.29 is 14.0 Å². The second kappa shape index (κ2) is 8.05. The van der Waals surface area contributed by atoms with Crippen LogP contribution in [0, 0.1) is 5.82 Å². The van der Waals surface area contributed by atoms with E-state index in [-0.39, 0.29) is 11.6 Å². The van der Waals surface area contributed by atoms with Crippen molar-refractivity contribution in [3.63, 3.8) is 0 Å². The standard InChI is InChI=1S/C19H21FN4O2/c1-2-23-8-10-24(11-9-23)19(26)14-6-7-21-17(12-14)18(25)22-16-5-3-4-15(20)13-16/h3-7,12-13H,2,8-11H2,1H3,(H,22,25). The maximum atomic E-state index is 13.2. The lowest BCUT2D eigenvalue weighted by Crippen LogP contribution is -2.48. The van der Waals surface area contributed by atoms with Crippen LogP contribution in [0.5, 0.6) is 0 Å². The van der Waals surface area contributed by atoms with Crippen LogP contribution in [0.1, 0.15) is 27.8 Å². The lowest BCUT2D eigenvalue weighted by molar-refractivity contribution is 0.0643. The average Bonchev–Trinajstić information content (AvgIpc) is 2.67. The molecule has 6 nitrogen and oxygen atoms in total. The number of pyridine rings is 1. The van der Waals surface area contributed by atoms with E-state index >= 15 is 0 Å².